The van der Waals surface area contributed by atoms with Gasteiger partial charge in [-0.2, -0.15) is 0 Å². The molecule has 24 heavy (non-hydrogen) atoms. The average Bonchev–Trinajstić information content (AvgIpc) is 3.12. The van der Waals surface area contributed by atoms with E-state index in [0.29, 0.717) is 5.92 Å². The monoisotopic (exact) mass is 336 g/mol. The summed E-state index contributed by atoms with van der Waals surface area (Å²) in [6.45, 7) is 2.19. The molecule has 1 saturated heterocycles. The van der Waals surface area contributed by atoms with Crippen molar-refractivity contribution in [2.75, 3.05) is 18.4 Å². The van der Waals surface area contributed by atoms with Crippen molar-refractivity contribution in [1.29, 1.82) is 0 Å². The Bertz CT molecular complexity index is 794. The van der Waals surface area contributed by atoms with E-state index in [1.807, 2.05) is 30.6 Å². The van der Waals surface area contributed by atoms with E-state index >= 15 is 0 Å². The van der Waals surface area contributed by atoms with Crippen LogP contribution in [-0.2, 0) is 0 Å². The van der Waals surface area contributed by atoms with Gasteiger partial charge in [-0.3, -0.25) is 0 Å². The normalized spacial score (nSPS) is 17.6. The number of pyridine rings is 1. The number of anilines is 2. The first-order chi connectivity index (χ1) is 11.9. The lowest BCUT2D eigenvalue weighted by atomic mass is 9.92. The van der Waals surface area contributed by atoms with Crippen LogP contribution in [0.15, 0.2) is 54.9 Å². The molecule has 1 aliphatic rings. The Morgan fingerprint density at radius 2 is 2.04 bits per heavy atom. The third-order valence-electron chi connectivity index (χ3n) is 4.35. The predicted molar refractivity (Wildman–Crippen MR) is 99.9 cm³/mol. The summed E-state index contributed by atoms with van der Waals surface area (Å²) < 4.78 is 0. The van der Waals surface area contributed by atoms with E-state index in [0.717, 1.165) is 28.9 Å². The molecular formula is C19H20N4S. The molecule has 0 amide bonds. The Balaban J connectivity index is 1.50. The number of nitrogens with zero attached hydrogens (tertiary/aromatic N) is 2. The summed E-state index contributed by atoms with van der Waals surface area (Å²) in [6.07, 6.45) is 6.28. The molecular weight excluding hydrogens is 316 g/mol. The van der Waals surface area contributed by atoms with Crippen molar-refractivity contribution in [3.05, 3.63) is 60.4 Å². The SMILES string of the molecule is c1ccc(-c2cnc(Nc3cc([C@@H]4CCCNC4)ccn3)s2)cc1. The van der Waals surface area contributed by atoms with Crippen LogP contribution in [0.2, 0.25) is 0 Å². The predicted octanol–water partition coefficient (Wildman–Crippen LogP) is 4.42. The van der Waals surface area contributed by atoms with E-state index in [1.165, 1.54) is 24.0 Å². The van der Waals surface area contributed by atoms with E-state index in [2.05, 4.69) is 44.9 Å². The lowest BCUT2D eigenvalue weighted by molar-refractivity contribution is 0.461. The van der Waals surface area contributed by atoms with Crippen molar-refractivity contribution in [2.45, 2.75) is 18.8 Å². The summed E-state index contributed by atoms with van der Waals surface area (Å²) in [7, 11) is 0. The number of aromatic nitrogens is 2. The van der Waals surface area contributed by atoms with Crippen LogP contribution >= 0.6 is 11.3 Å². The number of hydrogen-bond donors (Lipinski definition) is 2. The highest BCUT2D eigenvalue weighted by molar-refractivity contribution is 7.18. The minimum absolute atomic E-state index is 0.582. The van der Waals surface area contributed by atoms with Gasteiger partial charge in [0.25, 0.3) is 0 Å². The first-order valence-corrected chi connectivity index (χ1v) is 9.15. The molecule has 2 N–H and O–H groups in total. The van der Waals surface area contributed by atoms with Crippen LogP contribution in [0.3, 0.4) is 0 Å². The fraction of sp³-hybridized carbons (Fsp3) is 0.263. The van der Waals surface area contributed by atoms with Gasteiger partial charge in [-0.05, 0) is 48.6 Å². The zero-order chi connectivity index (χ0) is 16.2. The maximum Gasteiger partial charge on any atom is 0.188 e. The highest BCUT2D eigenvalue weighted by Crippen LogP contribution is 2.31. The van der Waals surface area contributed by atoms with Crippen LogP contribution in [0.5, 0.6) is 0 Å². The zero-order valence-corrected chi connectivity index (χ0v) is 14.2. The number of hydrogen-bond acceptors (Lipinski definition) is 5. The number of rotatable bonds is 4. The molecule has 5 heteroatoms. The van der Waals surface area contributed by atoms with Gasteiger partial charge in [-0.25, -0.2) is 9.97 Å². The summed E-state index contributed by atoms with van der Waals surface area (Å²) in [4.78, 5) is 10.1. The fourth-order valence-electron chi connectivity index (χ4n) is 3.08. The van der Waals surface area contributed by atoms with E-state index in [1.54, 1.807) is 11.3 Å². The van der Waals surface area contributed by atoms with Gasteiger partial charge < -0.3 is 10.6 Å². The number of thiazole rings is 1. The van der Waals surface area contributed by atoms with Crippen LogP contribution in [0, 0.1) is 0 Å². The standard InChI is InChI=1S/C19H20N4S/c1-2-5-14(6-3-1)17-13-22-19(24-17)23-18-11-15(8-10-21-18)16-7-4-9-20-12-16/h1-3,5-6,8,10-11,13,16,20H,4,7,9,12H2,(H,21,22,23)/t16-/m1/s1. The third kappa shape index (κ3) is 3.47. The summed E-state index contributed by atoms with van der Waals surface area (Å²) >= 11 is 1.65. The minimum atomic E-state index is 0.582. The molecule has 122 valence electrons. The van der Waals surface area contributed by atoms with Crippen LogP contribution in [0.1, 0.15) is 24.3 Å². The van der Waals surface area contributed by atoms with Crippen molar-refractivity contribution in [1.82, 2.24) is 15.3 Å². The largest absolute Gasteiger partial charge is 0.316 e. The molecule has 1 atom stereocenters. The summed E-state index contributed by atoms with van der Waals surface area (Å²) in [5, 5.41) is 7.70. The molecule has 0 aliphatic carbocycles. The highest BCUT2D eigenvalue weighted by Gasteiger charge is 2.15. The van der Waals surface area contributed by atoms with E-state index in [-0.39, 0.29) is 0 Å². The number of piperidine rings is 1. The molecule has 4 nitrogen and oxygen atoms in total. The highest BCUT2D eigenvalue weighted by atomic mass is 32.1. The van der Waals surface area contributed by atoms with Crippen molar-refractivity contribution < 1.29 is 0 Å². The lowest BCUT2D eigenvalue weighted by Crippen LogP contribution is -2.28. The van der Waals surface area contributed by atoms with Gasteiger partial charge >= 0.3 is 0 Å². The molecule has 3 heterocycles. The molecule has 0 saturated carbocycles. The second-order valence-electron chi connectivity index (χ2n) is 6.04. The maximum atomic E-state index is 4.49. The number of nitrogens with one attached hydrogen (secondary N) is 2. The van der Waals surface area contributed by atoms with Gasteiger partial charge in [-0.15, -0.1) is 0 Å². The molecule has 2 aromatic heterocycles. The van der Waals surface area contributed by atoms with Gasteiger partial charge in [0, 0.05) is 18.9 Å². The summed E-state index contributed by atoms with van der Waals surface area (Å²) in [6, 6.07) is 14.6. The van der Waals surface area contributed by atoms with Crippen LogP contribution in [-0.4, -0.2) is 23.1 Å². The summed E-state index contributed by atoms with van der Waals surface area (Å²) in [5.74, 6) is 1.45. The minimum Gasteiger partial charge on any atom is -0.316 e. The van der Waals surface area contributed by atoms with E-state index in [4.69, 9.17) is 0 Å². The molecule has 0 bridgehead atoms. The average molecular weight is 336 g/mol. The van der Waals surface area contributed by atoms with Crippen LogP contribution < -0.4 is 10.6 Å². The quantitative estimate of drug-likeness (QED) is 0.741. The molecule has 1 aliphatic heterocycles. The van der Waals surface area contributed by atoms with Gasteiger partial charge in [0.2, 0.25) is 0 Å². The van der Waals surface area contributed by atoms with Crippen molar-refractivity contribution >= 4 is 22.3 Å². The molecule has 1 aromatic carbocycles. The molecule has 0 spiro atoms. The smallest absolute Gasteiger partial charge is 0.188 e. The van der Waals surface area contributed by atoms with Gasteiger partial charge in [-0.1, -0.05) is 41.7 Å². The Labute approximate surface area is 146 Å². The Kier molecular flexibility index (Phi) is 4.53. The van der Waals surface area contributed by atoms with Gasteiger partial charge in [0.1, 0.15) is 5.82 Å². The summed E-state index contributed by atoms with van der Waals surface area (Å²) in [5.41, 5.74) is 2.54. The Hall–Kier alpha value is -2.24. The molecule has 0 unspecified atom stereocenters. The topological polar surface area (TPSA) is 49.8 Å². The van der Waals surface area contributed by atoms with Crippen molar-refractivity contribution in [2.24, 2.45) is 0 Å². The third-order valence-corrected chi connectivity index (χ3v) is 5.31. The van der Waals surface area contributed by atoms with Crippen molar-refractivity contribution in [3.8, 4) is 10.4 Å². The second kappa shape index (κ2) is 7.11. The molecule has 0 radical (unpaired) electrons. The zero-order valence-electron chi connectivity index (χ0n) is 13.4. The molecule has 3 aromatic rings. The maximum absolute atomic E-state index is 4.49. The van der Waals surface area contributed by atoms with E-state index in [9.17, 15) is 0 Å². The van der Waals surface area contributed by atoms with Gasteiger partial charge in [0.15, 0.2) is 5.13 Å². The molecule has 4 rings (SSSR count). The number of benzene rings is 1. The first kappa shape index (κ1) is 15.3. The molecule has 1 fully saturated rings. The van der Waals surface area contributed by atoms with E-state index < -0.39 is 0 Å². The Morgan fingerprint density at radius 3 is 2.88 bits per heavy atom. The second-order valence-corrected chi connectivity index (χ2v) is 7.07. The lowest BCUT2D eigenvalue weighted by Gasteiger charge is -2.23. The van der Waals surface area contributed by atoms with Crippen LogP contribution in [0.25, 0.3) is 10.4 Å². The van der Waals surface area contributed by atoms with Gasteiger partial charge in [0.05, 0.1) is 4.88 Å². The van der Waals surface area contributed by atoms with Crippen LogP contribution in [0.4, 0.5) is 10.9 Å². The fourth-order valence-corrected chi connectivity index (χ4v) is 3.91. The Morgan fingerprint density at radius 1 is 1.12 bits per heavy atom. The van der Waals surface area contributed by atoms with Crippen molar-refractivity contribution in [3.63, 3.8) is 0 Å². The first-order valence-electron chi connectivity index (χ1n) is 8.33.